The summed E-state index contributed by atoms with van der Waals surface area (Å²) in [7, 11) is 0. The van der Waals surface area contributed by atoms with Gasteiger partial charge in [0.15, 0.2) is 0 Å². The van der Waals surface area contributed by atoms with Gasteiger partial charge < -0.3 is 4.74 Å². The van der Waals surface area contributed by atoms with Crippen molar-refractivity contribution in [2.45, 2.75) is 19.8 Å². The van der Waals surface area contributed by atoms with Crippen molar-refractivity contribution >= 4 is 11.6 Å². The van der Waals surface area contributed by atoms with Gasteiger partial charge in [0, 0.05) is 19.1 Å². The van der Waals surface area contributed by atoms with Crippen LogP contribution < -0.4 is 0 Å². The van der Waals surface area contributed by atoms with Crippen molar-refractivity contribution in [1.82, 2.24) is 0 Å². The predicted octanol–water partition coefficient (Wildman–Crippen LogP) is 2.18. The molecule has 0 saturated carbocycles. The summed E-state index contributed by atoms with van der Waals surface area (Å²) in [6.07, 6.45) is 1.78. The van der Waals surface area contributed by atoms with Crippen LogP contribution in [-0.4, -0.2) is 19.1 Å². The molecule has 0 N–H and O–H groups in total. The van der Waals surface area contributed by atoms with Gasteiger partial charge in [-0.05, 0) is 19.8 Å². The summed E-state index contributed by atoms with van der Waals surface area (Å²) in [6.45, 7) is 3.45. The van der Waals surface area contributed by atoms with Gasteiger partial charge in [0.1, 0.15) is 0 Å². The highest BCUT2D eigenvalue weighted by Gasteiger charge is 2.03. The van der Waals surface area contributed by atoms with Gasteiger partial charge >= 0.3 is 0 Å². The van der Waals surface area contributed by atoms with E-state index < -0.39 is 0 Å². The van der Waals surface area contributed by atoms with Gasteiger partial charge in [0.05, 0.1) is 12.0 Å². The second kappa shape index (κ2) is 7.84. The first-order valence-electron chi connectivity index (χ1n) is 3.88. The van der Waals surface area contributed by atoms with E-state index in [1.165, 1.54) is 0 Å². The third-order valence-corrected chi connectivity index (χ3v) is 1.79. The molecule has 0 aliphatic carbocycles. The van der Waals surface area contributed by atoms with Crippen molar-refractivity contribution in [1.29, 1.82) is 5.26 Å². The smallest absolute Gasteiger partial charge is 0.0668 e. The van der Waals surface area contributed by atoms with Crippen LogP contribution in [0.15, 0.2) is 0 Å². The van der Waals surface area contributed by atoms with E-state index in [-0.39, 0.29) is 5.92 Å². The SMILES string of the molecule is CCOCCCC(C#N)CCl. The Morgan fingerprint density at radius 2 is 2.36 bits per heavy atom. The molecule has 0 saturated heterocycles. The van der Waals surface area contributed by atoms with Crippen LogP contribution in [0.25, 0.3) is 0 Å². The maximum atomic E-state index is 8.51. The van der Waals surface area contributed by atoms with E-state index in [1.807, 2.05) is 6.92 Å². The fraction of sp³-hybridized carbons (Fsp3) is 0.875. The topological polar surface area (TPSA) is 33.0 Å². The largest absolute Gasteiger partial charge is 0.382 e. The highest BCUT2D eigenvalue weighted by atomic mass is 35.5. The van der Waals surface area contributed by atoms with Crippen LogP contribution in [0.3, 0.4) is 0 Å². The van der Waals surface area contributed by atoms with E-state index in [9.17, 15) is 0 Å². The van der Waals surface area contributed by atoms with Crippen LogP contribution in [-0.2, 0) is 4.74 Å². The molecular weight excluding hydrogens is 162 g/mol. The molecule has 0 aromatic carbocycles. The van der Waals surface area contributed by atoms with Gasteiger partial charge in [0.25, 0.3) is 0 Å². The van der Waals surface area contributed by atoms with Gasteiger partial charge in [-0.1, -0.05) is 0 Å². The molecule has 0 amide bonds. The number of ether oxygens (including phenoxy) is 1. The lowest BCUT2D eigenvalue weighted by atomic mass is 10.1. The third-order valence-electron chi connectivity index (χ3n) is 1.41. The van der Waals surface area contributed by atoms with Crippen LogP contribution >= 0.6 is 11.6 Å². The van der Waals surface area contributed by atoms with Crippen molar-refractivity contribution < 1.29 is 4.74 Å². The lowest BCUT2D eigenvalue weighted by Gasteiger charge is -2.03. The quantitative estimate of drug-likeness (QED) is 0.458. The van der Waals surface area contributed by atoms with Gasteiger partial charge in [-0.3, -0.25) is 0 Å². The average molecular weight is 176 g/mol. The summed E-state index contributed by atoms with van der Waals surface area (Å²) in [5, 5.41) is 8.51. The number of alkyl halides is 1. The van der Waals surface area contributed by atoms with Crippen LogP contribution in [0.5, 0.6) is 0 Å². The van der Waals surface area contributed by atoms with Gasteiger partial charge in [-0.2, -0.15) is 5.26 Å². The Kier molecular flexibility index (Phi) is 7.66. The van der Waals surface area contributed by atoms with Crippen molar-refractivity contribution in [3.63, 3.8) is 0 Å². The van der Waals surface area contributed by atoms with E-state index in [4.69, 9.17) is 21.6 Å². The minimum absolute atomic E-state index is 0.00266. The molecule has 0 rings (SSSR count). The number of nitrogens with zero attached hydrogens (tertiary/aromatic N) is 1. The molecule has 1 unspecified atom stereocenters. The monoisotopic (exact) mass is 175 g/mol. The zero-order valence-corrected chi connectivity index (χ0v) is 7.60. The molecule has 0 aliphatic heterocycles. The van der Waals surface area contributed by atoms with Crippen molar-refractivity contribution in [3.8, 4) is 6.07 Å². The van der Waals surface area contributed by atoms with Crippen molar-refractivity contribution in [2.75, 3.05) is 19.1 Å². The minimum atomic E-state index is -0.00266. The summed E-state index contributed by atoms with van der Waals surface area (Å²) in [5.41, 5.74) is 0. The van der Waals surface area contributed by atoms with E-state index in [0.717, 1.165) is 26.1 Å². The normalized spacial score (nSPS) is 12.5. The Morgan fingerprint density at radius 3 is 2.82 bits per heavy atom. The van der Waals surface area contributed by atoms with Gasteiger partial charge in [0.2, 0.25) is 0 Å². The van der Waals surface area contributed by atoms with E-state index in [2.05, 4.69) is 6.07 Å². The zero-order valence-electron chi connectivity index (χ0n) is 6.85. The van der Waals surface area contributed by atoms with Crippen LogP contribution in [0, 0.1) is 17.2 Å². The molecule has 0 spiro atoms. The predicted molar refractivity (Wildman–Crippen MR) is 45.6 cm³/mol. The summed E-state index contributed by atoms with van der Waals surface area (Å²) >= 11 is 5.52. The molecule has 64 valence electrons. The molecule has 0 radical (unpaired) electrons. The Balaban J connectivity index is 3.16. The molecule has 2 nitrogen and oxygen atoms in total. The minimum Gasteiger partial charge on any atom is -0.382 e. The first kappa shape index (κ1) is 10.7. The van der Waals surface area contributed by atoms with Crippen molar-refractivity contribution in [2.24, 2.45) is 5.92 Å². The Morgan fingerprint density at radius 1 is 1.64 bits per heavy atom. The number of hydrogen-bond acceptors (Lipinski definition) is 2. The van der Waals surface area contributed by atoms with Gasteiger partial charge in [-0.15, -0.1) is 11.6 Å². The number of hydrogen-bond donors (Lipinski definition) is 0. The van der Waals surface area contributed by atoms with Crippen molar-refractivity contribution in [3.05, 3.63) is 0 Å². The number of halogens is 1. The maximum Gasteiger partial charge on any atom is 0.0668 e. The molecule has 11 heavy (non-hydrogen) atoms. The zero-order chi connectivity index (χ0) is 8.53. The fourth-order valence-electron chi connectivity index (χ4n) is 0.752. The second-order valence-electron chi connectivity index (χ2n) is 2.32. The van der Waals surface area contributed by atoms with E-state index in [0.29, 0.717) is 5.88 Å². The number of nitriles is 1. The maximum absolute atomic E-state index is 8.51. The standard InChI is InChI=1S/C8H14ClNO/c1-2-11-5-3-4-8(6-9)7-10/h8H,2-6H2,1H3. The Labute approximate surface area is 73.1 Å². The molecule has 0 aromatic rings. The molecule has 0 fully saturated rings. The first-order chi connectivity index (χ1) is 5.35. The number of rotatable bonds is 6. The molecule has 3 heteroatoms. The van der Waals surface area contributed by atoms with E-state index >= 15 is 0 Å². The summed E-state index contributed by atoms with van der Waals surface area (Å²) in [4.78, 5) is 0. The molecule has 0 heterocycles. The van der Waals surface area contributed by atoms with Gasteiger partial charge in [-0.25, -0.2) is 0 Å². The lowest BCUT2D eigenvalue weighted by molar-refractivity contribution is 0.142. The molecule has 1 atom stereocenters. The average Bonchev–Trinajstić information content (AvgIpc) is 2.05. The first-order valence-corrected chi connectivity index (χ1v) is 4.42. The molecule has 0 aromatic heterocycles. The summed E-state index contributed by atoms with van der Waals surface area (Å²) < 4.78 is 5.12. The molecule has 0 bridgehead atoms. The highest BCUT2D eigenvalue weighted by Crippen LogP contribution is 2.06. The van der Waals surface area contributed by atoms with Crippen LogP contribution in [0.4, 0.5) is 0 Å². The van der Waals surface area contributed by atoms with Crippen LogP contribution in [0.2, 0.25) is 0 Å². The summed E-state index contributed by atoms with van der Waals surface area (Å²) in [5.74, 6) is 0.430. The second-order valence-corrected chi connectivity index (χ2v) is 2.63. The lowest BCUT2D eigenvalue weighted by Crippen LogP contribution is -2.01. The highest BCUT2D eigenvalue weighted by molar-refractivity contribution is 6.18. The summed E-state index contributed by atoms with van der Waals surface area (Å²) in [6, 6.07) is 2.14. The Bertz CT molecular complexity index is 122. The van der Waals surface area contributed by atoms with E-state index in [1.54, 1.807) is 0 Å². The fourth-order valence-corrected chi connectivity index (χ4v) is 0.976. The Hall–Kier alpha value is -0.260. The molecular formula is C8H14ClNO. The molecule has 0 aliphatic rings. The van der Waals surface area contributed by atoms with Crippen LogP contribution in [0.1, 0.15) is 19.8 Å². The third kappa shape index (κ3) is 6.15.